The van der Waals surface area contributed by atoms with E-state index in [4.69, 9.17) is 30.6 Å². The average Bonchev–Trinajstić information content (AvgIpc) is 2.29. The Hall–Kier alpha value is -0.240. The minimum absolute atomic E-state index is 0.0463. The van der Waals surface area contributed by atoms with Crippen LogP contribution < -0.4 is 0 Å². The van der Waals surface area contributed by atoms with Crippen LogP contribution in [0.1, 0.15) is 27.2 Å². The Balaban J connectivity index is -0.000000174. The normalized spacial score (nSPS) is 13.1. The Kier molecular flexibility index (Phi) is 23.5. The average molecular weight is 256 g/mol. The largest absolute Gasteiger partial charge is 0.396 e. The summed E-state index contributed by atoms with van der Waals surface area (Å²) in [6, 6.07) is 0. The van der Waals surface area contributed by atoms with Gasteiger partial charge in [0.15, 0.2) is 0 Å². The van der Waals surface area contributed by atoms with Crippen LogP contribution in [0.15, 0.2) is 0 Å². The highest BCUT2D eigenvalue weighted by Crippen LogP contribution is 1.85. The first-order chi connectivity index (χ1) is 7.85. The first kappa shape index (κ1) is 22.0. The van der Waals surface area contributed by atoms with Crippen molar-refractivity contribution in [2.75, 3.05) is 26.4 Å². The van der Waals surface area contributed by atoms with Crippen LogP contribution in [-0.2, 0) is 0 Å². The van der Waals surface area contributed by atoms with E-state index in [1.165, 1.54) is 6.92 Å². The lowest BCUT2D eigenvalue weighted by Crippen LogP contribution is -2.04. The topological polar surface area (TPSA) is 121 Å². The van der Waals surface area contributed by atoms with Crippen molar-refractivity contribution in [1.82, 2.24) is 0 Å². The van der Waals surface area contributed by atoms with Crippen molar-refractivity contribution in [2.24, 2.45) is 5.92 Å². The van der Waals surface area contributed by atoms with Crippen molar-refractivity contribution >= 4 is 0 Å². The first-order valence-corrected chi connectivity index (χ1v) is 5.65. The third kappa shape index (κ3) is 38.9. The van der Waals surface area contributed by atoms with E-state index < -0.39 is 6.10 Å². The summed E-state index contributed by atoms with van der Waals surface area (Å²) in [5.41, 5.74) is 0. The van der Waals surface area contributed by atoms with E-state index in [1.807, 2.05) is 0 Å². The quantitative estimate of drug-likeness (QED) is 0.364. The fourth-order valence-corrected chi connectivity index (χ4v) is 0.245. The zero-order chi connectivity index (χ0) is 14.3. The summed E-state index contributed by atoms with van der Waals surface area (Å²) >= 11 is 0. The summed E-state index contributed by atoms with van der Waals surface area (Å²) in [6.45, 7) is 5.06. The Bertz CT molecular complexity index is 115. The molecule has 0 saturated heterocycles. The van der Waals surface area contributed by atoms with Crippen LogP contribution in [0.4, 0.5) is 0 Å². The molecule has 0 fully saturated rings. The van der Waals surface area contributed by atoms with E-state index in [0.29, 0.717) is 6.42 Å². The highest BCUT2D eigenvalue weighted by molar-refractivity contribution is 4.41. The maximum absolute atomic E-state index is 8.39. The second-order valence-corrected chi connectivity index (χ2v) is 3.86. The maximum atomic E-state index is 8.39. The number of aliphatic hydroxyl groups excluding tert-OH is 6. The van der Waals surface area contributed by atoms with Crippen molar-refractivity contribution in [2.45, 2.75) is 39.4 Å². The molecule has 0 aliphatic rings. The van der Waals surface area contributed by atoms with Crippen molar-refractivity contribution in [1.29, 1.82) is 0 Å². The molecule has 2 atom stereocenters. The van der Waals surface area contributed by atoms with E-state index in [1.54, 1.807) is 13.8 Å². The summed E-state index contributed by atoms with van der Waals surface area (Å²) < 4.78 is 0. The maximum Gasteiger partial charge on any atom is 0.0742 e. The Morgan fingerprint density at radius 3 is 1.06 bits per heavy atom. The molecule has 0 aromatic carbocycles. The summed E-state index contributed by atoms with van der Waals surface area (Å²) in [5.74, 6) is 0.0463. The van der Waals surface area contributed by atoms with E-state index >= 15 is 0 Å². The zero-order valence-corrected chi connectivity index (χ0v) is 11.0. The van der Waals surface area contributed by atoms with E-state index in [-0.39, 0.29) is 38.4 Å². The second kappa shape index (κ2) is 18.1. The van der Waals surface area contributed by atoms with Crippen molar-refractivity contribution in [3.05, 3.63) is 0 Å². The molecule has 6 N–H and O–H groups in total. The molecule has 0 rings (SSSR count). The van der Waals surface area contributed by atoms with Crippen LogP contribution in [0.25, 0.3) is 0 Å². The molecule has 0 spiro atoms. The predicted molar refractivity (Wildman–Crippen MR) is 65.5 cm³/mol. The molecule has 0 aromatic rings. The van der Waals surface area contributed by atoms with Gasteiger partial charge in [0.05, 0.1) is 18.8 Å². The number of hydrogen-bond acceptors (Lipinski definition) is 6. The lowest BCUT2D eigenvalue weighted by molar-refractivity contribution is 0.110. The molecule has 2 unspecified atom stereocenters. The van der Waals surface area contributed by atoms with Gasteiger partial charge in [-0.3, -0.25) is 0 Å². The van der Waals surface area contributed by atoms with Crippen LogP contribution in [0, 0.1) is 5.92 Å². The summed E-state index contributed by atoms with van der Waals surface area (Å²) in [7, 11) is 0. The SMILES string of the molecule is CC(CO)CO.CC(O)CCO.CC(O)CO. The van der Waals surface area contributed by atoms with Gasteiger partial charge in [0.2, 0.25) is 0 Å². The number of rotatable bonds is 5. The van der Waals surface area contributed by atoms with Gasteiger partial charge >= 0.3 is 0 Å². The molecule has 0 amide bonds. The zero-order valence-electron chi connectivity index (χ0n) is 11.0. The number of aliphatic hydroxyl groups is 6. The van der Waals surface area contributed by atoms with Gasteiger partial charge in [0, 0.05) is 25.7 Å². The molecular formula is C11H28O6. The molecule has 0 saturated carbocycles. The highest BCUT2D eigenvalue weighted by atomic mass is 16.3. The van der Waals surface area contributed by atoms with Gasteiger partial charge in [-0.05, 0) is 20.3 Å². The molecule has 0 bridgehead atoms. The van der Waals surface area contributed by atoms with Gasteiger partial charge < -0.3 is 30.6 Å². The molecule has 0 aliphatic heterocycles. The monoisotopic (exact) mass is 256 g/mol. The Labute approximate surface area is 103 Å². The molecule has 108 valence electrons. The second-order valence-electron chi connectivity index (χ2n) is 3.86. The van der Waals surface area contributed by atoms with Crippen LogP contribution >= 0.6 is 0 Å². The molecule has 0 aliphatic carbocycles. The molecule has 0 radical (unpaired) electrons. The third-order valence-electron chi connectivity index (χ3n) is 1.43. The van der Waals surface area contributed by atoms with Crippen molar-refractivity contribution < 1.29 is 30.6 Å². The molecular weight excluding hydrogens is 228 g/mol. The van der Waals surface area contributed by atoms with Gasteiger partial charge in [-0.2, -0.15) is 0 Å². The minimum atomic E-state index is -0.560. The van der Waals surface area contributed by atoms with Gasteiger partial charge in [-0.25, -0.2) is 0 Å². The minimum Gasteiger partial charge on any atom is -0.396 e. The van der Waals surface area contributed by atoms with Crippen LogP contribution in [0.3, 0.4) is 0 Å². The number of hydrogen-bond donors (Lipinski definition) is 6. The van der Waals surface area contributed by atoms with Crippen molar-refractivity contribution in [3.63, 3.8) is 0 Å². The lowest BCUT2D eigenvalue weighted by Gasteiger charge is -1.97. The molecule has 6 heteroatoms. The molecule has 0 heterocycles. The predicted octanol–water partition coefficient (Wildman–Crippen LogP) is -1.28. The standard InChI is InChI=1S/2C4H10O2.C3H8O2/c1-4(2-5)3-6;1-4(6)2-3-5;1-3(5)2-4/h2*4-6H,2-3H2,1H3;3-5H,2H2,1H3. The van der Waals surface area contributed by atoms with Gasteiger partial charge in [0.1, 0.15) is 0 Å². The smallest absolute Gasteiger partial charge is 0.0742 e. The van der Waals surface area contributed by atoms with Crippen LogP contribution in [0.2, 0.25) is 0 Å². The fraction of sp³-hybridized carbons (Fsp3) is 1.00. The van der Waals surface area contributed by atoms with E-state index in [9.17, 15) is 0 Å². The summed E-state index contributed by atoms with van der Waals surface area (Å²) in [6.07, 6.45) is -0.426. The van der Waals surface area contributed by atoms with E-state index in [0.717, 1.165) is 0 Å². The Morgan fingerprint density at radius 1 is 0.706 bits per heavy atom. The van der Waals surface area contributed by atoms with Crippen molar-refractivity contribution in [3.8, 4) is 0 Å². The van der Waals surface area contributed by atoms with Gasteiger partial charge in [0.25, 0.3) is 0 Å². The molecule has 0 aromatic heterocycles. The first-order valence-electron chi connectivity index (χ1n) is 5.65. The van der Waals surface area contributed by atoms with Gasteiger partial charge in [-0.1, -0.05) is 6.92 Å². The summed E-state index contributed by atoms with van der Waals surface area (Å²) in [5, 5.41) is 48.8. The molecule has 17 heavy (non-hydrogen) atoms. The highest BCUT2D eigenvalue weighted by Gasteiger charge is 1.91. The fourth-order valence-electron chi connectivity index (χ4n) is 0.245. The summed E-state index contributed by atoms with van der Waals surface area (Å²) in [4.78, 5) is 0. The van der Waals surface area contributed by atoms with Crippen LogP contribution in [0.5, 0.6) is 0 Å². The van der Waals surface area contributed by atoms with Crippen LogP contribution in [-0.4, -0.2) is 69.3 Å². The molecule has 6 nitrogen and oxygen atoms in total. The Morgan fingerprint density at radius 2 is 1.06 bits per heavy atom. The van der Waals surface area contributed by atoms with Gasteiger partial charge in [-0.15, -0.1) is 0 Å². The third-order valence-corrected chi connectivity index (χ3v) is 1.43. The van der Waals surface area contributed by atoms with E-state index in [2.05, 4.69) is 0 Å². The lowest BCUT2D eigenvalue weighted by atomic mass is 10.2.